The highest BCUT2D eigenvalue weighted by Gasteiger charge is 2.34. The Kier molecular flexibility index (Phi) is 5.33. The van der Waals surface area contributed by atoms with Gasteiger partial charge in [-0.15, -0.1) is 0 Å². The van der Waals surface area contributed by atoms with Crippen molar-refractivity contribution in [3.63, 3.8) is 0 Å². The summed E-state index contributed by atoms with van der Waals surface area (Å²) in [5.41, 5.74) is 0.171. The Morgan fingerprint density at radius 3 is 2.62 bits per heavy atom. The average Bonchev–Trinajstić information content (AvgIpc) is 2.45. The van der Waals surface area contributed by atoms with Crippen LogP contribution in [0.5, 0.6) is 0 Å². The topological polar surface area (TPSA) is 79.3 Å². The van der Waals surface area contributed by atoms with E-state index in [1.807, 2.05) is 0 Å². The van der Waals surface area contributed by atoms with E-state index < -0.39 is 5.97 Å². The van der Waals surface area contributed by atoms with Crippen LogP contribution >= 0.6 is 15.9 Å². The van der Waals surface area contributed by atoms with E-state index in [-0.39, 0.29) is 17.7 Å². The molecular formula is C15H19BrN2O3. The number of hydrogen-bond acceptors (Lipinski definition) is 3. The van der Waals surface area contributed by atoms with Gasteiger partial charge < -0.3 is 10.4 Å². The van der Waals surface area contributed by atoms with Gasteiger partial charge in [0.2, 0.25) is 0 Å². The number of aliphatic carboxylic acids is 1. The second kappa shape index (κ2) is 7.02. The Hall–Kier alpha value is -1.43. The largest absolute Gasteiger partial charge is 0.481 e. The summed E-state index contributed by atoms with van der Waals surface area (Å²) in [6.45, 7) is 0.407. The SMILES string of the molecule is O=C(O)CC1(CNC(=O)c2cncc(Br)c2)CCCCC1. The van der Waals surface area contributed by atoms with Crippen LogP contribution in [0.4, 0.5) is 0 Å². The lowest BCUT2D eigenvalue weighted by Gasteiger charge is -2.36. The quantitative estimate of drug-likeness (QED) is 0.851. The molecule has 2 N–H and O–H groups in total. The third-order valence-electron chi connectivity index (χ3n) is 4.03. The van der Waals surface area contributed by atoms with Crippen LogP contribution in [0.15, 0.2) is 22.9 Å². The predicted molar refractivity (Wildman–Crippen MR) is 82.0 cm³/mol. The summed E-state index contributed by atoms with van der Waals surface area (Å²) in [4.78, 5) is 27.2. The molecule has 1 aromatic heterocycles. The number of carboxylic acids is 1. The van der Waals surface area contributed by atoms with Crippen molar-refractivity contribution in [1.82, 2.24) is 10.3 Å². The average molecular weight is 355 g/mol. The number of carbonyl (C=O) groups is 2. The number of hydrogen-bond donors (Lipinski definition) is 2. The number of rotatable bonds is 5. The highest BCUT2D eigenvalue weighted by Crippen LogP contribution is 2.38. The van der Waals surface area contributed by atoms with Crippen molar-refractivity contribution in [3.05, 3.63) is 28.5 Å². The monoisotopic (exact) mass is 354 g/mol. The fourth-order valence-electron chi connectivity index (χ4n) is 2.94. The molecule has 6 heteroatoms. The van der Waals surface area contributed by atoms with Gasteiger partial charge in [-0.05, 0) is 40.3 Å². The molecule has 0 atom stereocenters. The lowest BCUT2D eigenvalue weighted by molar-refractivity contribution is -0.140. The molecule has 21 heavy (non-hydrogen) atoms. The fraction of sp³-hybridized carbons (Fsp3) is 0.533. The molecular weight excluding hydrogens is 336 g/mol. The molecule has 1 aliphatic rings. The molecule has 1 aromatic rings. The Balaban J connectivity index is 2.01. The fourth-order valence-corrected chi connectivity index (χ4v) is 3.31. The summed E-state index contributed by atoms with van der Waals surface area (Å²) in [5, 5.41) is 12.0. The van der Waals surface area contributed by atoms with Gasteiger partial charge in [0.05, 0.1) is 12.0 Å². The summed E-state index contributed by atoms with van der Waals surface area (Å²) in [5.74, 6) is -1.01. The Morgan fingerprint density at radius 1 is 1.29 bits per heavy atom. The van der Waals surface area contributed by atoms with E-state index in [1.165, 1.54) is 6.20 Å². The summed E-state index contributed by atoms with van der Waals surface area (Å²) in [6, 6.07) is 1.70. The van der Waals surface area contributed by atoms with Crippen LogP contribution in [0.25, 0.3) is 0 Å². The van der Waals surface area contributed by atoms with Gasteiger partial charge in [0, 0.05) is 23.4 Å². The molecule has 1 fully saturated rings. The molecule has 0 spiro atoms. The van der Waals surface area contributed by atoms with E-state index in [0.29, 0.717) is 12.1 Å². The van der Waals surface area contributed by atoms with Crippen LogP contribution in [0, 0.1) is 5.41 Å². The van der Waals surface area contributed by atoms with Crippen LogP contribution in [0.3, 0.4) is 0 Å². The van der Waals surface area contributed by atoms with E-state index in [2.05, 4.69) is 26.2 Å². The Morgan fingerprint density at radius 2 is 2.00 bits per heavy atom. The summed E-state index contributed by atoms with van der Waals surface area (Å²) in [6.07, 6.45) is 8.15. The van der Waals surface area contributed by atoms with Gasteiger partial charge in [0.25, 0.3) is 5.91 Å². The number of nitrogens with zero attached hydrogens (tertiary/aromatic N) is 1. The van der Waals surface area contributed by atoms with Crippen LogP contribution in [-0.2, 0) is 4.79 Å². The summed E-state index contributed by atoms with van der Waals surface area (Å²) >= 11 is 3.28. The normalized spacial score (nSPS) is 17.2. The molecule has 114 valence electrons. The standard InChI is InChI=1S/C15H19BrN2O3/c16-12-6-11(8-17-9-12)14(21)18-10-15(7-13(19)20)4-2-1-3-5-15/h6,8-9H,1-5,7,10H2,(H,18,21)(H,19,20). The highest BCUT2D eigenvalue weighted by molar-refractivity contribution is 9.10. The van der Waals surface area contributed by atoms with Gasteiger partial charge in [0.15, 0.2) is 0 Å². The first-order valence-corrected chi connectivity index (χ1v) is 7.91. The van der Waals surface area contributed by atoms with Crippen molar-refractivity contribution in [2.45, 2.75) is 38.5 Å². The van der Waals surface area contributed by atoms with Crippen LogP contribution < -0.4 is 5.32 Å². The minimum absolute atomic E-state index is 0.115. The first kappa shape index (κ1) is 15.9. The molecule has 5 nitrogen and oxygen atoms in total. The molecule has 0 aliphatic heterocycles. The van der Waals surface area contributed by atoms with E-state index in [1.54, 1.807) is 12.3 Å². The maximum atomic E-state index is 12.1. The summed E-state index contributed by atoms with van der Waals surface area (Å²) in [7, 11) is 0. The molecule has 0 aromatic carbocycles. The number of halogens is 1. The zero-order chi connectivity index (χ0) is 15.3. The molecule has 1 heterocycles. The van der Waals surface area contributed by atoms with Gasteiger partial charge in [-0.3, -0.25) is 14.6 Å². The third kappa shape index (κ3) is 4.52. The summed E-state index contributed by atoms with van der Waals surface area (Å²) < 4.78 is 0.744. The predicted octanol–water partition coefficient (Wildman–Crippen LogP) is 3.00. The maximum Gasteiger partial charge on any atom is 0.303 e. The number of aromatic nitrogens is 1. The Bertz CT molecular complexity index is 527. The first-order valence-electron chi connectivity index (χ1n) is 7.11. The van der Waals surface area contributed by atoms with Gasteiger partial charge in [-0.25, -0.2) is 0 Å². The molecule has 2 rings (SSSR count). The number of carbonyl (C=O) groups excluding carboxylic acids is 1. The first-order chi connectivity index (χ1) is 10.0. The van der Waals surface area contributed by atoms with Gasteiger partial charge in [-0.1, -0.05) is 19.3 Å². The second-order valence-corrected chi connectivity index (χ2v) is 6.62. The van der Waals surface area contributed by atoms with E-state index in [9.17, 15) is 9.59 Å². The van der Waals surface area contributed by atoms with Crippen molar-refractivity contribution < 1.29 is 14.7 Å². The van der Waals surface area contributed by atoms with Crippen molar-refractivity contribution >= 4 is 27.8 Å². The van der Waals surface area contributed by atoms with Crippen molar-refractivity contribution in [2.24, 2.45) is 5.41 Å². The third-order valence-corrected chi connectivity index (χ3v) is 4.47. The molecule has 1 saturated carbocycles. The zero-order valence-corrected chi connectivity index (χ0v) is 13.4. The van der Waals surface area contributed by atoms with E-state index >= 15 is 0 Å². The smallest absolute Gasteiger partial charge is 0.303 e. The number of amides is 1. The minimum atomic E-state index is -0.796. The van der Waals surface area contributed by atoms with Crippen molar-refractivity contribution in [2.75, 3.05) is 6.54 Å². The molecule has 0 bridgehead atoms. The molecule has 0 saturated heterocycles. The van der Waals surface area contributed by atoms with E-state index in [0.717, 1.165) is 36.6 Å². The molecule has 1 amide bonds. The number of nitrogens with one attached hydrogen (secondary N) is 1. The van der Waals surface area contributed by atoms with Crippen LogP contribution in [0.1, 0.15) is 48.9 Å². The number of carboxylic acid groups (broad SMARTS) is 1. The van der Waals surface area contributed by atoms with Crippen molar-refractivity contribution in [3.8, 4) is 0 Å². The lowest BCUT2D eigenvalue weighted by Crippen LogP contribution is -2.40. The van der Waals surface area contributed by atoms with E-state index in [4.69, 9.17) is 5.11 Å². The van der Waals surface area contributed by atoms with Gasteiger partial charge in [-0.2, -0.15) is 0 Å². The van der Waals surface area contributed by atoms with Gasteiger partial charge in [0.1, 0.15) is 0 Å². The van der Waals surface area contributed by atoms with Crippen LogP contribution in [0.2, 0.25) is 0 Å². The second-order valence-electron chi connectivity index (χ2n) is 5.71. The van der Waals surface area contributed by atoms with Gasteiger partial charge >= 0.3 is 5.97 Å². The van der Waals surface area contributed by atoms with Crippen LogP contribution in [-0.4, -0.2) is 28.5 Å². The Labute approximate surface area is 132 Å². The molecule has 0 radical (unpaired) electrons. The lowest BCUT2D eigenvalue weighted by atomic mass is 9.71. The highest BCUT2D eigenvalue weighted by atomic mass is 79.9. The number of pyridine rings is 1. The van der Waals surface area contributed by atoms with Crippen molar-refractivity contribution in [1.29, 1.82) is 0 Å². The minimum Gasteiger partial charge on any atom is -0.481 e. The molecule has 0 unspecified atom stereocenters. The zero-order valence-electron chi connectivity index (χ0n) is 11.8. The maximum absolute atomic E-state index is 12.1. The molecule has 1 aliphatic carbocycles.